The van der Waals surface area contributed by atoms with Gasteiger partial charge in [0.05, 0.1) is 0 Å². The van der Waals surface area contributed by atoms with Crippen molar-refractivity contribution in [1.82, 2.24) is 9.80 Å². The molecule has 1 fully saturated rings. The van der Waals surface area contributed by atoms with E-state index in [2.05, 4.69) is 11.8 Å². The van der Waals surface area contributed by atoms with Crippen molar-refractivity contribution in [1.29, 1.82) is 0 Å². The predicted octanol–water partition coefficient (Wildman–Crippen LogP) is 2.22. The summed E-state index contributed by atoms with van der Waals surface area (Å²) < 4.78 is 5.23. The van der Waals surface area contributed by atoms with Crippen molar-refractivity contribution in [2.75, 3.05) is 32.7 Å². The van der Waals surface area contributed by atoms with Crippen LogP contribution >= 0.6 is 11.6 Å². The molecule has 22 heavy (non-hydrogen) atoms. The summed E-state index contributed by atoms with van der Waals surface area (Å²) in [7, 11) is 0. The average molecular weight is 321 g/mol. The van der Waals surface area contributed by atoms with Crippen LogP contribution < -0.4 is 5.63 Å². The van der Waals surface area contributed by atoms with Crippen molar-refractivity contribution in [2.45, 2.75) is 6.92 Å². The third-order valence-electron chi connectivity index (χ3n) is 4.03. The highest BCUT2D eigenvalue weighted by Gasteiger charge is 2.24. The minimum absolute atomic E-state index is 0.0692. The minimum Gasteiger partial charge on any atom is -0.422 e. The van der Waals surface area contributed by atoms with Gasteiger partial charge in [-0.25, -0.2) is 4.79 Å². The first kappa shape index (κ1) is 15.1. The molecule has 1 aliphatic rings. The second-order valence-corrected chi connectivity index (χ2v) is 5.79. The van der Waals surface area contributed by atoms with E-state index in [0.29, 0.717) is 29.1 Å². The number of rotatable bonds is 2. The summed E-state index contributed by atoms with van der Waals surface area (Å²) in [6, 6.07) is 6.54. The maximum absolute atomic E-state index is 12.6. The Kier molecular flexibility index (Phi) is 4.18. The molecule has 0 radical (unpaired) electrons. The van der Waals surface area contributed by atoms with E-state index in [1.54, 1.807) is 29.2 Å². The van der Waals surface area contributed by atoms with Gasteiger partial charge in [0.2, 0.25) is 0 Å². The minimum atomic E-state index is -0.599. The summed E-state index contributed by atoms with van der Waals surface area (Å²) in [4.78, 5) is 28.6. The number of amides is 1. The van der Waals surface area contributed by atoms with Gasteiger partial charge in [-0.1, -0.05) is 18.5 Å². The van der Waals surface area contributed by atoms with Gasteiger partial charge in [-0.15, -0.1) is 0 Å². The fourth-order valence-electron chi connectivity index (χ4n) is 2.68. The number of carbonyl (C=O) groups is 1. The number of piperazine rings is 1. The molecular formula is C16H17ClN2O3. The molecule has 5 nitrogen and oxygen atoms in total. The molecular weight excluding hydrogens is 304 g/mol. The molecule has 1 aromatic heterocycles. The van der Waals surface area contributed by atoms with Crippen LogP contribution in [-0.2, 0) is 0 Å². The van der Waals surface area contributed by atoms with Gasteiger partial charge in [0, 0.05) is 36.6 Å². The summed E-state index contributed by atoms with van der Waals surface area (Å²) in [6.45, 7) is 5.97. The third kappa shape index (κ3) is 2.87. The Morgan fingerprint density at radius 3 is 2.64 bits per heavy atom. The first-order valence-corrected chi connectivity index (χ1v) is 7.71. The molecule has 0 aliphatic carbocycles. The smallest absolute Gasteiger partial charge is 0.349 e. The summed E-state index contributed by atoms with van der Waals surface area (Å²) in [5.41, 5.74) is -0.0980. The highest BCUT2D eigenvalue weighted by molar-refractivity contribution is 6.31. The van der Waals surface area contributed by atoms with E-state index in [0.717, 1.165) is 19.6 Å². The average Bonchev–Trinajstić information content (AvgIpc) is 2.54. The van der Waals surface area contributed by atoms with Crippen LogP contribution in [0.5, 0.6) is 0 Å². The van der Waals surface area contributed by atoms with Crippen LogP contribution in [0.4, 0.5) is 0 Å². The second-order valence-electron chi connectivity index (χ2n) is 5.36. The third-order valence-corrected chi connectivity index (χ3v) is 4.27. The van der Waals surface area contributed by atoms with Crippen LogP contribution in [0.25, 0.3) is 11.0 Å². The molecule has 0 saturated carbocycles. The van der Waals surface area contributed by atoms with Gasteiger partial charge in [0.25, 0.3) is 5.91 Å². The molecule has 6 heteroatoms. The van der Waals surface area contributed by atoms with Gasteiger partial charge >= 0.3 is 5.63 Å². The monoisotopic (exact) mass is 320 g/mol. The Morgan fingerprint density at radius 1 is 1.23 bits per heavy atom. The van der Waals surface area contributed by atoms with Crippen molar-refractivity contribution < 1.29 is 9.21 Å². The standard InChI is InChI=1S/C16H17ClN2O3/c1-2-18-5-7-19(8-6-18)15(20)13-10-11-9-12(17)3-4-14(11)22-16(13)21/h3-4,9-10H,2,5-8H2,1H3. The molecule has 2 heterocycles. The molecule has 1 aromatic carbocycles. The summed E-state index contributed by atoms with van der Waals surface area (Å²) in [5.74, 6) is -0.272. The molecule has 0 unspecified atom stereocenters. The first-order valence-electron chi connectivity index (χ1n) is 7.33. The van der Waals surface area contributed by atoms with Gasteiger partial charge in [-0.2, -0.15) is 0 Å². The molecule has 0 N–H and O–H groups in total. The molecule has 1 saturated heterocycles. The zero-order valence-corrected chi connectivity index (χ0v) is 13.1. The van der Waals surface area contributed by atoms with Gasteiger partial charge in [-0.3, -0.25) is 4.79 Å². The number of halogens is 1. The summed E-state index contributed by atoms with van der Waals surface area (Å²) in [6.07, 6.45) is 0. The van der Waals surface area contributed by atoms with E-state index < -0.39 is 5.63 Å². The van der Waals surface area contributed by atoms with Crippen molar-refractivity contribution in [3.8, 4) is 0 Å². The molecule has 116 valence electrons. The van der Waals surface area contributed by atoms with Crippen LogP contribution in [0, 0.1) is 0 Å². The molecule has 0 atom stereocenters. The van der Waals surface area contributed by atoms with E-state index in [9.17, 15) is 9.59 Å². The number of fused-ring (bicyclic) bond motifs is 1. The van der Waals surface area contributed by atoms with E-state index in [1.807, 2.05) is 0 Å². The number of likely N-dealkylation sites (N-methyl/N-ethyl adjacent to an activating group) is 1. The SMILES string of the molecule is CCN1CCN(C(=O)c2cc3cc(Cl)ccc3oc2=O)CC1. The number of nitrogens with zero attached hydrogens (tertiary/aromatic N) is 2. The number of benzene rings is 1. The van der Waals surface area contributed by atoms with Crippen LogP contribution in [0.3, 0.4) is 0 Å². The van der Waals surface area contributed by atoms with Crippen LogP contribution in [0.1, 0.15) is 17.3 Å². The van der Waals surface area contributed by atoms with Gasteiger partial charge in [0.15, 0.2) is 0 Å². The molecule has 3 rings (SSSR count). The zero-order chi connectivity index (χ0) is 15.7. The predicted molar refractivity (Wildman–Crippen MR) is 85.5 cm³/mol. The lowest BCUT2D eigenvalue weighted by Gasteiger charge is -2.33. The van der Waals surface area contributed by atoms with Crippen molar-refractivity contribution in [3.63, 3.8) is 0 Å². The number of hydrogen-bond acceptors (Lipinski definition) is 4. The lowest BCUT2D eigenvalue weighted by atomic mass is 10.1. The normalized spacial score (nSPS) is 16.2. The maximum Gasteiger partial charge on any atom is 0.349 e. The highest BCUT2D eigenvalue weighted by atomic mass is 35.5. The van der Waals surface area contributed by atoms with Crippen LogP contribution in [-0.4, -0.2) is 48.4 Å². The fourth-order valence-corrected chi connectivity index (χ4v) is 2.86. The lowest BCUT2D eigenvalue weighted by molar-refractivity contribution is 0.0639. The van der Waals surface area contributed by atoms with E-state index >= 15 is 0 Å². The van der Waals surface area contributed by atoms with Gasteiger partial charge < -0.3 is 14.2 Å². The highest BCUT2D eigenvalue weighted by Crippen LogP contribution is 2.19. The lowest BCUT2D eigenvalue weighted by Crippen LogP contribution is -2.49. The molecule has 2 aromatic rings. The van der Waals surface area contributed by atoms with Gasteiger partial charge in [0.1, 0.15) is 11.1 Å². The Morgan fingerprint density at radius 2 is 1.95 bits per heavy atom. The van der Waals surface area contributed by atoms with E-state index in [-0.39, 0.29) is 11.5 Å². The molecule has 1 amide bonds. The summed E-state index contributed by atoms with van der Waals surface area (Å²) in [5, 5.41) is 1.19. The number of carbonyl (C=O) groups excluding carboxylic acids is 1. The Balaban J connectivity index is 1.90. The fraction of sp³-hybridized carbons (Fsp3) is 0.375. The van der Waals surface area contributed by atoms with Crippen molar-refractivity contribution >= 4 is 28.5 Å². The maximum atomic E-state index is 12.6. The Bertz CT molecular complexity index is 764. The molecule has 1 aliphatic heterocycles. The zero-order valence-electron chi connectivity index (χ0n) is 12.3. The number of hydrogen-bond donors (Lipinski definition) is 0. The Labute approximate surface area is 133 Å². The second kappa shape index (κ2) is 6.10. The van der Waals surface area contributed by atoms with Gasteiger partial charge in [-0.05, 0) is 30.8 Å². The Hall–Kier alpha value is -1.85. The molecule has 0 spiro atoms. The van der Waals surface area contributed by atoms with Crippen LogP contribution in [0.15, 0.2) is 33.5 Å². The molecule has 0 bridgehead atoms. The summed E-state index contributed by atoms with van der Waals surface area (Å²) >= 11 is 5.95. The first-order chi connectivity index (χ1) is 10.6. The largest absolute Gasteiger partial charge is 0.422 e. The van der Waals surface area contributed by atoms with Crippen molar-refractivity contribution in [2.24, 2.45) is 0 Å². The van der Waals surface area contributed by atoms with Crippen molar-refractivity contribution in [3.05, 3.63) is 45.3 Å². The van der Waals surface area contributed by atoms with E-state index in [4.69, 9.17) is 16.0 Å². The quantitative estimate of drug-likeness (QED) is 0.796. The van der Waals surface area contributed by atoms with E-state index in [1.165, 1.54) is 0 Å². The van der Waals surface area contributed by atoms with Crippen LogP contribution in [0.2, 0.25) is 5.02 Å². The topological polar surface area (TPSA) is 53.8 Å².